The molecule has 100 valence electrons. The van der Waals surface area contributed by atoms with Crippen LogP contribution < -0.4 is 21.7 Å². The van der Waals surface area contributed by atoms with Gasteiger partial charge in [0.15, 0.2) is 0 Å². The van der Waals surface area contributed by atoms with Crippen LogP contribution in [0.3, 0.4) is 0 Å². The first kappa shape index (κ1) is 13.9. The van der Waals surface area contributed by atoms with Crippen LogP contribution in [0.15, 0.2) is 24.3 Å². The number of methoxy groups -OCH3 is 1. The second-order valence-corrected chi connectivity index (χ2v) is 6.00. The molecule has 1 saturated carbocycles. The van der Waals surface area contributed by atoms with E-state index in [2.05, 4.69) is 31.3 Å². The van der Waals surface area contributed by atoms with Crippen LogP contribution >= 0.6 is 0 Å². The van der Waals surface area contributed by atoms with Gasteiger partial charge < -0.3 is 26.2 Å². The van der Waals surface area contributed by atoms with Gasteiger partial charge in [0, 0.05) is 17.9 Å². The zero-order valence-electron chi connectivity index (χ0n) is 11.2. The molecule has 2 nitrogen and oxygen atoms in total. The maximum absolute atomic E-state index is 5.21. The molecular formula is C15H22BrNO. The molecule has 2 fully saturated rings. The number of nitrogens with zero attached hydrogens (tertiary/aromatic N) is 1. The molecule has 1 heterocycles. The molecule has 2 aliphatic rings. The number of rotatable bonds is 3. The molecule has 0 radical (unpaired) electrons. The molecule has 3 heteroatoms. The zero-order chi connectivity index (χ0) is 11.9. The first-order valence-corrected chi connectivity index (χ1v) is 6.67. The van der Waals surface area contributed by atoms with E-state index in [1.807, 2.05) is 0 Å². The van der Waals surface area contributed by atoms with Crippen LogP contribution in [-0.2, 0) is 6.54 Å². The first-order chi connectivity index (χ1) is 8.19. The fraction of sp³-hybridized carbons (Fsp3) is 0.600. The minimum absolute atomic E-state index is 0. The monoisotopic (exact) mass is 311 g/mol. The maximum atomic E-state index is 5.21. The molecular weight excluding hydrogens is 290 g/mol. The maximum Gasteiger partial charge on any atom is 0.118 e. The molecule has 3 unspecified atom stereocenters. The lowest BCUT2D eigenvalue weighted by Crippen LogP contribution is -3.00. The lowest BCUT2D eigenvalue weighted by Gasteiger charge is -2.38. The average Bonchev–Trinajstić information content (AvgIpc) is 2.89. The van der Waals surface area contributed by atoms with Gasteiger partial charge in [0.2, 0.25) is 0 Å². The van der Waals surface area contributed by atoms with E-state index in [1.165, 1.54) is 42.4 Å². The van der Waals surface area contributed by atoms with E-state index in [9.17, 15) is 0 Å². The minimum Gasteiger partial charge on any atom is -1.00 e. The Morgan fingerprint density at radius 3 is 2.44 bits per heavy atom. The van der Waals surface area contributed by atoms with Crippen molar-refractivity contribution in [1.82, 2.24) is 0 Å². The van der Waals surface area contributed by atoms with E-state index in [0.717, 1.165) is 17.7 Å². The smallest absolute Gasteiger partial charge is 0.118 e. The van der Waals surface area contributed by atoms with Gasteiger partial charge in [0.1, 0.15) is 12.3 Å². The number of hydrogen-bond donors (Lipinski definition) is 0. The Morgan fingerprint density at radius 2 is 1.94 bits per heavy atom. The fourth-order valence-electron chi connectivity index (χ4n) is 3.86. The molecule has 1 saturated heterocycles. The minimum atomic E-state index is 0. The van der Waals surface area contributed by atoms with Crippen LogP contribution in [0.4, 0.5) is 0 Å². The molecule has 1 aliphatic heterocycles. The van der Waals surface area contributed by atoms with E-state index in [1.54, 1.807) is 7.11 Å². The summed E-state index contributed by atoms with van der Waals surface area (Å²) < 4.78 is 6.47. The number of benzene rings is 1. The number of halogens is 1. The van der Waals surface area contributed by atoms with Crippen molar-refractivity contribution in [3.8, 4) is 5.75 Å². The number of quaternary nitrogens is 1. The van der Waals surface area contributed by atoms with Crippen molar-refractivity contribution < 1.29 is 26.2 Å². The lowest BCUT2D eigenvalue weighted by atomic mass is 10.1. The highest BCUT2D eigenvalue weighted by atomic mass is 79.9. The Morgan fingerprint density at radius 1 is 1.22 bits per heavy atom. The zero-order valence-corrected chi connectivity index (χ0v) is 12.8. The third kappa shape index (κ3) is 2.43. The topological polar surface area (TPSA) is 9.23 Å². The Kier molecular flexibility index (Phi) is 4.02. The second-order valence-electron chi connectivity index (χ2n) is 6.00. The molecule has 3 rings (SSSR count). The summed E-state index contributed by atoms with van der Waals surface area (Å²) in [7, 11) is 4.16. The quantitative estimate of drug-likeness (QED) is 0.704. The van der Waals surface area contributed by atoms with E-state index in [-0.39, 0.29) is 17.0 Å². The molecule has 2 bridgehead atoms. The molecule has 3 atom stereocenters. The van der Waals surface area contributed by atoms with Gasteiger partial charge in [-0.2, -0.15) is 0 Å². The van der Waals surface area contributed by atoms with Crippen LogP contribution in [0, 0.1) is 5.92 Å². The second kappa shape index (κ2) is 5.22. The van der Waals surface area contributed by atoms with Crippen molar-refractivity contribution in [3.05, 3.63) is 29.8 Å². The van der Waals surface area contributed by atoms with E-state index in [0.29, 0.717) is 0 Å². The largest absolute Gasteiger partial charge is 1.00 e. The van der Waals surface area contributed by atoms with Crippen LogP contribution in [0.1, 0.15) is 24.8 Å². The van der Waals surface area contributed by atoms with Crippen molar-refractivity contribution in [1.29, 1.82) is 0 Å². The van der Waals surface area contributed by atoms with Gasteiger partial charge in [-0.1, -0.05) is 0 Å². The van der Waals surface area contributed by atoms with E-state index >= 15 is 0 Å². The Labute approximate surface area is 120 Å². The molecule has 0 N–H and O–H groups in total. The summed E-state index contributed by atoms with van der Waals surface area (Å²) in [6.07, 6.45) is 4.38. The summed E-state index contributed by atoms with van der Waals surface area (Å²) in [5.74, 6) is 1.96. The van der Waals surface area contributed by atoms with Crippen molar-refractivity contribution in [3.63, 3.8) is 0 Å². The van der Waals surface area contributed by atoms with Gasteiger partial charge in [-0.05, 0) is 37.1 Å². The van der Waals surface area contributed by atoms with E-state index < -0.39 is 0 Å². The summed E-state index contributed by atoms with van der Waals surface area (Å²) in [6.45, 7) is 2.57. The van der Waals surface area contributed by atoms with Crippen LogP contribution in [-0.4, -0.2) is 31.2 Å². The van der Waals surface area contributed by atoms with Gasteiger partial charge >= 0.3 is 0 Å². The van der Waals surface area contributed by atoms with Crippen molar-refractivity contribution in [2.24, 2.45) is 5.92 Å². The Hall–Kier alpha value is -0.540. The number of fused-ring (bicyclic) bond motifs is 2. The molecule has 18 heavy (non-hydrogen) atoms. The Balaban J connectivity index is 0.00000120. The van der Waals surface area contributed by atoms with Crippen molar-refractivity contribution >= 4 is 0 Å². The summed E-state index contributed by atoms with van der Waals surface area (Å²) in [5, 5.41) is 0. The summed E-state index contributed by atoms with van der Waals surface area (Å²) >= 11 is 0. The van der Waals surface area contributed by atoms with E-state index in [4.69, 9.17) is 4.74 Å². The highest BCUT2D eigenvalue weighted by Crippen LogP contribution is 2.42. The summed E-state index contributed by atoms with van der Waals surface area (Å²) in [6, 6.07) is 9.51. The van der Waals surface area contributed by atoms with Crippen molar-refractivity contribution in [2.45, 2.75) is 31.8 Å². The number of likely N-dealkylation sites (tertiary alicyclic amines) is 1. The third-order valence-corrected chi connectivity index (χ3v) is 4.77. The Bertz CT molecular complexity index is 405. The normalized spacial score (nSPS) is 33.2. The standard InChI is InChI=1S/C15H22NO.BrH/c1-16(11-13-3-6-14(16)9-13)10-12-4-7-15(17-2)8-5-12;/h4-5,7-8,13-14H,3,6,9-11H2,1-2H3;1H/q+1;/p-1. The van der Waals surface area contributed by atoms with Gasteiger partial charge in [-0.15, -0.1) is 0 Å². The van der Waals surface area contributed by atoms with Gasteiger partial charge in [-0.3, -0.25) is 0 Å². The molecule has 0 amide bonds. The lowest BCUT2D eigenvalue weighted by molar-refractivity contribution is -0.938. The molecule has 1 aromatic carbocycles. The molecule has 1 aromatic rings. The van der Waals surface area contributed by atoms with Crippen LogP contribution in [0.2, 0.25) is 0 Å². The van der Waals surface area contributed by atoms with Gasteiger partial charge in [0.25, 0.3) is 0 Å². The first-order valence-electron chi connectivity index (χ1n) is 6.67. The summed E-state index contributed by atoms with van der Waals surface area (Å²) in [5.41, 5.74) is 1.45. The molecule has 0 aromatic heterocycles. The highest BCUT2D eigenvalue weighted by Gasteiger charge is 2.48. The SMILES string of the molecule is COc1ccc(C[N+]2(C)CC3CCC2C3)cc1.[Br-]. The molecule has 1 aliphatic carbocycles. The number of ether oxygens (including phenoxy) is 1. The van der Waals surface area contributed by atoms with Gasteiger partial charge in [0.05, 0.1) is 26.7 Å². The predicted octanol–water partition coefficient (Wildman–Crippen LogP) is -0.172. The fourth-order valence-corrected chi connectivity index (χ4v) is 3.86. The summed E-state index contributed by atoms with van der Waals surface area (Å²) in [4.78, 5) is 0. The number of hydrogen-bond acceptors (Lipinski definition) is 1. The van der Waals surface area contributed by atoms with Gasteiger partial charge in [-0.25, -0.2) is 0 Å². The van der Waals surface area contributed by atoms with Crippen molar-refractivity contribution in [2.75, 3.05) is 20.7 Å². The number of piperidine rings is 1. The van der Waals surface area contributed by atoms with Crippen LogP contribution in [0.5, 0.6) is 5.75 Å². The third-order valence-electron chi connectivity index (χ3n) is 4.77. The highest BCUT2D eigenvalue weighted by molar-refractivity contribution is 5.26. The predicted molar refractivity (Wildman–Crippen MR) is 68.9 cm³/mol. The molecule has 0 spiro atoms. The average molecular weight is 312 g/mol. The van der Waals surface area contributed by atoms with Crippen LogP contribution in [0.25, 0.3) is 0 Å².